The Bertz CT molecular complexity index is 695. The molecule has 2 heterocycles. The van der Waals surface area contributed by atoms with Gasteiger partial charge in [-0.25, -0.2) is 0 Å². The summed E-state index contributed by atoms with van der Waals surface area (Å²) in [6, 6.07) is 8.62. The van der Waals surface area contributed by atoms with Gasteiger partial charge in [-0.3, -0.25) is 9.58 Å². The second-order valence-electron chi connectivity index (χ2n) is 7.41. The Labute approximate surface area is 150 Å². The van der Waals surface area contributed by atoms with Crippen molar-refractivity contribution < 1.29 is 5.11 Å². The van der Waals surface area contributed by atoms with Crippen LogP contribution < -0.4 is 5.32 Å². The Hall–Kier alpha value is -1.69. The molecule has 0 radical (unpaired) electrons. The standard InChI is InChI=1S/C20H30N4O/c1-15(2)20-18(12-23(3)22-20)10-21-11-19(25)14-24-9-8-16-6-4-5-7-17(16)13-24/h4-7,12,15,19,21,25H,8-11,13-14H2,1-3H3. The topological polar surface area (TPSA) is 53.3 Å². The highest BCUT2D eigenvalue weighted by Crippen LogP contribution is 2.19. The minimum Gasteiger partial charge on any atom is -0.390 e. The number of rotatable bonds is 7. The molecule has 5 heteroatoms. The predicted octanol–water partition coefficient (Wildman–Crippen LogP) is 2.05. The highest BCUT2D eigenvalue weighted by molar-refractivity contribution is 5.29. The maximum Gasteiger partial charge on any atom is 0.0791 e. The summed E-state index contributed by atoms with van der Waals surface area (Å²) < 4.78 is 1.87. The predicted molar refractivity (Wildman–Crippen MR) is 100 cm³/mol. The van der Waals surface area contributed by atoms with Crippen molar-refractivity contribution in [3.05, 3.63) is 52.8 Å². The van der Waals surface area contributed by atoms with Gasteiger partial charge in [0.05, 0.1) is 11.8 Å². The lowest BCUT2D eigenvalue weighted by molar-refractivity contribution is 0.104. The molecule has 2 N–H and O–H groups in total. The van der Waals surface area contributed by atoms with Crippen LogP contribution in [0.1, 0.15) is 42.1 Å². The Kier molecular flexibility index (Phi) is 5.89. The second kappa shape index (κ2) is 8.13. The van der Waals surface area contributed by atoms with Gasteiger partial charge in [-0.15, -0.1) is 0 Å². The van der Waals surface area contributed by atoms with Crippen molar-refractivity contribution in [2.24, 2.45) is 7.05 Å². The fourth-order valence-electron chi connectivity index (χ4n) is 3.62. The molecule has 0 spiro atoms. The van der Waals surface area contributed by atoms with Crippen LogP contribution in [0.25, 0.3) is 0 Å². The van der Waals surface area contributed by atoms with Crippen molar-refractivity contribution in [3.63, 3.8) is 0 Å². The van der Waals surface area contributed by atoms with Crippen molar-refractivity contribution in [3.8, 4) is 0 Å². The Morgan fingerprint density at radius 3 is 2.76 bits per heavy atom. The summed E-state index contributed by atoms with van der Waals surface area (Å²) >= 11 is 0. The molecule has 0 saturated heterocycles. The van der Waals surface area contributed by atoms with E-state index >= 15 is 0 Å². The first kappa shape index (κ1) is 18.1. The number of aliphatic hydroxyl groups excluding tert-OH is 1. The first-order valence-corrected chi connectivity index (χ1v) is 9.23. The van der Waals surface area contributed by atoms with Gasteiger partial charge < -0.3 is 10.4 Å². The molecule has 25 heavy (non-hydrogen) atoms. The van der Waals surface area contributed by atoms with E-state index in [2.05, 4.69) is 59.6 Å². The van der Waals surface area contributed by atoms with Crippen LogP contribution in [-0.4, -0.2) is 45.5 Å². The average molecular weight is 342 g/mol. The largest absolute Gasteiger partial charge is 0.390 e. The molecular formula is C20H30N4O. The zero-order valence-electron chi connectivity index (χ0n) is 15.6. The van der Waals surface area contributed by atoms with E-state index in [9.17, 15) is 5.11 Å². The molecule has 3 rings (SSSR count). The Balaban J connectivity index is 1.45. The summed E-state index contributed by atoms with van der Waals surface area (Å²) in [7, 11) is 1.96. The van der Waals surface area contributed by atoms with Crippen LogP contribution in [0.3, 0.4) is 0 Å². The van der Waals surface area contributed by atoms with Crippen LogP contribution in [0, 0.1) is 0 Å². The number of β-amino-alcohol motifs (C(OH)–C–C–N with tert-alkyl or cyclic N) is 1. The number of fused-ring (bicyclic) bond motifs is 1. The molecule has 1 aliphatic rings. The van der Waals surface area contributed by atoms with Gasteiger partial charge in [0.2, 0.25) is 0 Å². The van der Waals surface area contributed by atoms with E-state index in [1.54, 1.807) is 0 Å². The number of aliphatic hydroxyl groups is 1. The molecule has 0 fully saturated rings. The number of nitrogens with one attached hydrogen (secondary N) is 1. The van der Waals surface area contributed by atoms with Crippen LogP contribution in [-0.2, 0) is 26.6 Å². The highest BCUT2D eigenvalue weighted by Gasteiger charge is 2.18. The van der Waals surface area contributed by atoms with Crippen molar-refractivity contribution in [1.82, 2.24) is 20.0 Å². The van der Waals surface area contributed by atoms with Gasteiger partial charge in [-0.2, -0.15) is 5.10 Å². The first-order valence-electron chi connectivity index (χ1n) is 9.23. The summed E-state index contributed by atoms with van der Waals surface area (Å²) in [5.41, 5.74) is 5.20. The quantitative estimate of drug-likeness (QED) is 0.809. The third-order valence-electron chi connectivity index (χ3n) is 4.86. The lowest BCUT2D eigenvalue weighted by atomic mass is 10.00. The van der Waals surface area contributed by atoms with Gasteiger partial charge in [0, 0.05) is 51.5 Å². The second-order valence-corrected chi connectivity index (χ2v) is 7.41. The zero-order valence-corrected chi connectivity index (χ0v) is 15.6. The summed E-state index contributed by atoms with van der Waals surface area (Å²) in [5.74, 6) is 0.413. The van der Waals surface area contributed by atoms with E-state index in [0.29, 0.717) is 19.0 Å². The molecule has 1 unspecified atom stereocenters. The SMILES string of the molecule is CC(C)c1nn(C)cc1CNCC(O)CN1CCc2ccccc2C1. The van der Waals surface area contributed by atoms with Crippen LogP contribution in [0.15, 0.2) is 30.5 Å². The zero-order chi connectivity index (χ0) is 17.8. The number of benzene rings is 1. The molecule has 1 aliphatic heterocycles. The number of hydrogen-bond donors (Lipinski definition) is 2. The fourth-order valence-corrected chi connectivity index (χ4v) is 3.62. The van der Waals surface area contributed by atoms with E-state index in [0.717, 1.165) is 31.7 Å². The number of hydrogen-bond acceptors (Lipinski definition) is 4. The summed E-state index contributed by atoms with van der Waals surface area (Å²) in [6.45, 7) is 8.35. The summed E-state index contributed by atoms with van der Waals surface area (Å²) in [6.07, 6.45) is 2.78. The normalized spacial score (nSPS) is 16.2. The van der Waals surface area contributed by atoms with Crippen molar-refractivity contribution in [2.45, 2.75) is 45.4 Å². The first-order chi connectivity index (χ1) is 12.0. The molecule has 1 atom stereocenters. The Morgan fingerprint density at radius 2 is 2.00 bits per heavy atom. The van der Waals surface area contributed by atoms with Crippen LogP contribution >= 0.6 is 0 Å². The van der Waals surface area contributed by atoms with Gasteiger partial charge in [0.1, 0.15) is 0 Å². The fraction of sp³-hybridized carbons (Fsp3) is 0.550. The molecule has 2 aromatic rings. The number of aromatic nitrogens is 2. The summed E-state index contributed by atoms with van der Waals surface area (Å²) in [5, 5.41) is 18.3. The number of aryl methyl sites for hydroxylation is 1. The van der Waals surface area contributed by atoms with Crippen molar-refractivity contribution in [2.75, 3.05) is 19.6 Å². The molecule has 0 amide bonds. The summed E-state index contributed by atoms with van der Waals surface area (Å²) in [4.78, 5) is 2.35. The molecule has 0 bridgehead atoms. The van der Waals surface area contributed by atoms with Gasteiger partial charge in [-0.05, 0) is 23.5 Å². The monoisotopic (exact) mass is 342 g/mol. The smallest absolute Gasteiger partial charge is 0.0791 e. The maximum absolute atomic E-state index is 10.4. The minimum atomic E-state index is -0.357. The molecular weight excluding hydrogens is 312 g/mol. The maximum atomic E-state index is 10.4. The van der Waals surface area contributed by atoms with E-state index < -0.39 is 0 Å². The third-order valence-corrected chi connectivity index (χ3v) is 4.86. The van der Waals surface area contributed by atoms with Crippen molar-refractivity contribution in [1.29, 1.82) is 0 Å². The van der Waals surface area contributed by atoms with E-state index in [1.807, 2.05) is 11.7 Å². The lowest BCUT2D eigenvalue weighted by Crippen LogP contribution is -2.40. The van der Waals surface area contributed by atoms with Gasteiger partial charge in [0.25, 0.3) is 0 Å². The molecule has 1 aromatic carbocycles. The minimum absolute atomic E-state index is 0.357. The molecule has 5 nitrogen and oxygen atoms in total. The van der Waals surface area contributed by atoms with Crippen LogP contribution in [0.2, 0.25) is 0 Å². The van der Waals surface area contributed by atoms with Gasteiger partial charge >= 0.3 is 0 Å². The lowest BCUT2D eigenvalue weighted by Gasteiger charge is -2.30. The van der Waals surface area contributed by atoms with E-state index in [4.69, 9.17) is 0 Å². The Morgan fingerprint density at radius 1 is 1.24 bits per heavy atom. The van der Waals surface area contributed by atoms with Gasteiger partial charge in [-0.1, -0.05) is 38.1 Å². The highest BCUT2D eigenvalue weighted by atomic mass is 16.3. The molecule has 0 saturated carbocycles. The van der Waals surface area contributed by atoms with E-state index in [1.165, 1.54) is 16.7 Å². The van der Waals surface area contributed by atoms with Crippen molar-refractivity contribution >= 4 is 0 Å². The third kappa shape index (κ3) is 4.69. The van der Waals surface area contributed by atoms with Crippen LogP contribution in [0.4, 0.5) is 0 Å². The molecule has 0 aliphatic carbocycles. The van der Waals surface area contributed by atoms with E-state index in [-0.39, 0.29) is 6.10 Å². The molecule has 136 valence electrons. The average Bonchev–Trinajstić information content (AvgIpc) is 2.96. The number of nitrogens with zero attached hydrogens (tertiary/aromatic N) is 3. The van der Waals surface area contributed by atoms with Gasteiger partial charge in [0.15, 0.2) is 0 Å². The van der Waals surface area contributed by atoms with Crippen LogP contribution in [0.5, 0.6) is 0 Å². The molecule has 1 aromatic heterocycles.